The van der Waals surface area contributed by atoms with E-state index in [1.165, 1.54) is 0 Å². The van der Waals surface area contributed by atoms with Crippen molar-refractivity contribution in [3.05, 3.63) is 0 Å². The molecule has 0 fully saturated rings. The Morgan fingerprint density at radius 2 is 1.85 bits per heavy atom. The standard InChI is InChI=1S/C11H23O2/c1-5-7-8-9-10(12)13-11(3,4)6-2/h10H,5-9H2,1-4H3. The van der Waals surface area contributed by atoms with Crippen LogP contribution in [0.15, 0.2) is 0 Å². The summed E-state index contributed by atoms with van der Waals surface area (Å²) in [5.74, 6) is 0. The van der Waals surface area contributed by atoms with E-state index in [0.29, 0.717) is 6.42 Å². The largest absolute Gasteiger partial charge is 0.344 e. The number of hydrogen-bond acceptors (Lipinski definition) is 1. The summed E-state index contributed by atoms with van der Waals surface area (Å²) in [6.45, 7) is 8.12. The Morgan fingerprint density at radius 3 is 2.31 bits per heavy atom. The Kier molecular flexibility index (Phi) is 6.35. The summed E-state index contributed by atoms with van der Waals surface area (Å²) in [7, 11) is 0. The van der Waals surface area contributed by atoms with Crippen LogP contribution in [0.25, 0.3) is 0 Å². The number of unbranched alkanes of at least 4 members (excludes halogenated alkanes) is 2. The lowest BCUT2D eigenvalue weighted by molar-refractivity contribution is -0.205. The third-order valence-electron chi connectivity index (χ3n) is 2.35. The molecule has 0 aromatic rings. The molecule has 0 aromatic carbocycles. The molecule has 0 saturated carbocycles. The summed E-state index contributed by atoms with van der Waals surface area (Å²) in [5.41, 5.74) is -0.251. The molecule has 0 bridgehead atoms. The maximum Gasteiger partial charge on any atom is 0.191 e. The summed E-state index contributed by atoms with van der Waals surface area (Å²) in [6, 6.07) is 0. The lowest BCUT2D eigenvalue weighted by Gasteiger charge is -2.25. The number of rotatable bonds is 7. The summed E-state index contributed by atoms with van der Waals surface area (Å²) in [6.07, 6.45) is 3.99. The van der Waals surface area contributed by atoms with Gasteiger partial charge >= 0.3 is 0 Å². The molecule has 79 valence electrons. The Labute approximate surface area is 82.3 Å². The Bertz CT molecular complexity index is 121. The van der Waals surface area contributed by atoms with Gasteiger partial charge < -0.3 is 4.74 Å². The molecule has 1 unspecified atom stereocenters. The van der Waals surface area contributed by atoms with Crippen LogP contribution in [0.3, 0.4) is 0 Å². The summed E-state index contributed by atoms with van der Waals surface area (Å²) >= 11 is 0. The molecule has 0 amide bonds. The summed E-state index contributed by atoms with van der Waals surface area (Å²) in [5, 5.41) is 11.4. The second kappa shape index (κ2) is 6.39. The van der Waals surface area contributed by atoms with Crippen molar-refractivity contribution in [1.82, 2.24) is 0 Å². The highest BCUT2D eigenvalue weighted by Crippen LogP contribution is 2.18. The van der Waals surface area contributed by atoms with Gasteiger partial charge in [0.05, 0.1) is 5.60 Å². The van der Waals surface area contributed by atoms with Crippen LogP contribution < -0.4 is 0 Å². The molecule has 2 nitrogen and oxygen atoms in total. The zero-order valence-electron chi connectivity index (χ0n) is 9.43. The fourth-order valence-electron chi connectivity index (χ4n) is 1.06. The van der Waals surface area contributed by atoms with Gasteiger partial charge in [-0.1, -0.05) is 26.7 Å². The van der Waals surface area contributed by atoms with Crippen LogP contribution >= 0.6 is 0 Å². The molecule has 13 heavy (non-hydrogen) atoms. The van der Waals surface area contributed by atoms with Gasteiger partial charge in [0.2, 0.25) is 0 Å². The second-order valence-electron chi connectivity index (χ2n) is 4.16. The molecule has 1 atom stereocenters. The number of hydrogen-bond donors (Lipinski definition) is 0. The third-order valence-corrected chi connectivity index (χ3v) is 2.35. The molecule has 0 rings (SSSR count). The Hall–Kier alpha value is -0.0800. The van der Waals surface area contributed by atoms with E-state index in [1.807, 2.05) is 20.8 Å². The van der Waals surface area contributed by atoms with Gasteiger partial charge in [-0.15, -0.1) is 0 Å². The molecule has 0 spiro atoms. The minimum Gasteiger partial charge on any atom is -0.344 e. The highest BCUT2D eigenvalue weighted by molar-refractivity contribution is 4.65. The fraction of sp³-hybridized carbons (Fsp3) is 1.00. The first kappa shape index (κ1) is 12.9. The zero-order chi connectivity index (χ0) is 10.3. The minimum atomic E-state index is -0.832. The molecule has 0 saturated heterocycles. The maximum absolute atomic E-state index is 11.4. The first-order valence-corrected chi connectivity index (χ1v) is 5.35. The maximum atomic E-state index is 11.4. The van der Waals surface area contributed by atoms with Crippen LogP contribution in [-0.4, -0.2) is 11.9 Å². The zero-order valence-corrected chi connectivity index (χ0v) is 9.43. The molecular formula is C11H23O2. The molecule has 0 aliphatic rings. The fourth-order valence-corrected chi connectivity index (χ4v) is 1.06. The van der Waals surface area contributed by atoms with Gasteiger partial charge in [-0.2, -0.15) is 0 Å². The van der Waals surface area contributed by atoms with Gasteiger partial charge in [0.25, 0.3) is 0 Å². The van der Waals surface area contributed by atoms with Crippen LogP contribution in [0.1, 0.15) is 59.8 Å². The monoisotopic (exact) mass is 187 g/mol. The van der Waals surface area contributed by atoms with Crippen molar-refractivity contribution in [1.29, 1.82) is 0 Å². The average Bonchev–Trinajstić information content (AvgIpc) is 2.04. The lowest BCUT2D eigenvalue weighted by Crippen LogP contribution is -2.29. The van der Waals surface area contributed by atoms with Gasteiger partial charge in [0.1, 0.15) is 0 Å². The Balaban J connectivity index is 3.55. The smallest absolute Gasteiger partial charge is 0.191 e. The normalized spacial score (nSPS) is 14.5. The number of ether oxygens (including phenoxy) is 1. The molecule has 0 N–H and O–H groups in total. The van der Waals surface area contributed by atoms with Crippen molar-refractivity contribution in [3.8, 4) is 0 Å². The molecule has 2 heteroatoms. The first-order chi connectivity index (χ1) is 6.02. The average molecular weight is 187 g/mol. The van der Waals surface area contributed by atoms with Crippen molar-refractivity contribution in [2.24, 2.45) is 0 Å². The van der Waals surface area contributed by atoms with Crippen LogP contribution in [-0.2, 0) is 9.84 Å². The second-order valence-corrected chi connectivity index (χ2v) is 4.16. The summed E-state index contributed by atoms with van der Waals surface area (Å²) in [4.78, 5) is 0. The van der Waals surface area contributed by atoms with Gasteiger partial charge in [0, 0.05) is 6.42 Å². The van der Waals surface area contributed by atoms with Crippen molar-refractivity contribution in [2.75, 3.05) is 0 Å². The third kappa shape index (κ3) is 7.03. The first-order valence-electron chi connectivity index (χ1n) is 5.35. The van der Waals surface area contributed by atoms with Crippen LogP contribution in [0.2, 0.25) is 0 Å². The van der Waals surface area contributed by atoms with Crippen molar-refractivity contribution >= 4 is 0 Å². The van der Waals surface area contributed by atoms with Gasteiger partial charge in [-0.25, -0.2) is 5.11 Å². The van der Waals surface area contributed by atoms with E-state index >= 15 is 0 Å². The van der Waals surface area contributed by atoms with Crippen LogP contribution in [0.4, 0.5) is 0 Å². The molecule has 0 aliphatic carbocycles. The van der Waals surface area contributed by atoms with Gasteiger partial charge in [0.15, 0.2) is 6.29 Å². The van der Waals surface area contributed by atoms with E-state index in [-0.39, 0.29) is 5.60 Å². The van der Waals surface area contributed by atoms with E-state index in [2.05, 4.69) is 6.92 Å². The Morgan fingerprint density at radius 1 is 1.23 bits per heavy atom. The molecular weight excluding hydrogens is 164 g/mol. The van der Waals surface area contributed by atoms with Gasteiger partial charge in [-0.3, -0.25) is 0 Å². The van der Waals surface area contributed by atoms with Gasteiger partial charge in [-0.05, 0) is 26.7 Å². The topological polar surface area (TPSA) is 29.1 Å². The van der Waals surface area contributed by atoms with E-state index in [9.17, 15) is 5.11 Å². The summed E-state index contributed by atoms with van der Waals surface area (Å²) < 4.78 is 5.38. The van der Waals surface area contributed by atoms with E-state index in [0.717, 1.165) is 25.7 Å². The van der Waals surface area contributed by atoms with E-state index < -0.39 is 6.29 Å². The molecule has 0 aliphatic heterocycles. The predicted octanol–water partition coefficient (Wildman–Crippen LogP) is 3.53. The highest BCUT2D eigenvalue weighted by Gasteiger charge is 2.20. The highest BCUT2D eigenvalue weighted by atomic mass is 16.6. The molecule has 0 aromatic heterocycles. The van der Waals surface area contributed by atoms with Crippen LogP contribution in [0.5, 0.6) is 0 Å². The van der Waals surface area contributed by atoms with E-state index in [1.54, 1.807) is 0 Å². The minimum absolute atomic E-state index is 0.251. The van der Waals surface area contributed by atoms with Crippen molar-refractivity contribution < 1.29 is 9.84 Å². The quantitative estimate of drug-likeness (QED) is 0.443. The lowest BCUT2D eigenvalue weighted by atomic mass is 10.1. The van der Waals surface area contributed by atoms with Crippen molar-refractivity contribution in [2.45, 2.75) is 71.7 Å². The molecule has 1 radical (unpaired) electrons. The van der Waals surface area contributed by atoms with Crippen molar-refractivity contribution in [3.63, 3.8) is 0 Å². The molecule has 0 heterocycles. The SMILES string of the molecule is CCCCCC([O])OC(C)(C)CC. The van der Waals surface area contributed by atoms with E-state index in [4.69, 9.17) is 4.74 Å². The predicted molar refractivity (Wildman–Crippen MR) is 54.1 cm³/mol. The van der Waals surface area contributed by atoms with Crippen LogP contribution in [0, 0.1) is 0 Å².